The maximum absolute atomic E-state index is 11.1. The quantitative estimate of drug-likeness (QED) is 0.786. The van der Waals surface area contributed by atoms with Gasteiger partial charge < -0.3 is 9.66 Å². The molecule has 0 bridgehead atoms. The molecule has 0 fully saturated rings. The Balaban J connectivity index is 3.15. The molecule has 5 nitrogen and oxygen atoms in total. The van der Waals surface area contributed by atoms with Gasteiger partial charge in [-0.25, -0.2) is 14.0 Å². The van der Waals surface area contributed by atoms with Crippen LogP contribution in [0.4, 0.5) is 0 Å². The van der Waals surface area contributed by atoms with E-state index in [0.717, 1.165) is 0 Å². The van der Waals surface area contributed by atoms with E-state index in [1.807, 2.05) is 0 Å². The summed E-state index contributed by atoms with van der Waals surface area (Å²) < 4.78 is 20.3. The molecule has 0 aliphatic heterocycles. The lowest BCUT2D eigenvalue weighted by atomic mass is 10.1. The number of carbonyl (C=O) groups is 1. The largest absolute Gasteiger partial charge is 0.477 e. The molecule has 0 saturated heterocycles. The average molecular weight is 243 g/mol. The Bertz CT molecular complexity index is 419. The van der Waals surface area contributed by atoms with Gasteiger partial charge in [0.1, 0.15) is 10.9 Å². The zero-order valence-corrected chi connectivity index (χ0v) is 9.77. The molecule has 16 heavy (non-hydrogen) atoms. The summed E-state index contributed by atoms with van der Waals surface area (Å²) in [6.07, 6.45) is 0. The van der Waals surface area contributed by atoms with Crippen molar-refractivity contribution < 1.29 is 18.7 Å². The highest BCUT2D eigenvalue weighted by molar-refractivity contribution is 7.79. The lowest BCUT2D eigenvalue weighted by Crippen LogP contribution is -2.15. The summed E-state index contributed by atoms with van der Waals surface area (Å²) in [5, 5.41) is 8.10. The SMILES string of the molecule is CC(C)C(c1cccc(C(=O)O)n1)S(=O)O. The van der Waals surface area contributed by atoms with E-state index in [0.29, 0.717) is 5.69 Å². The zero-order valence-electron chi connectivity index (χ0n) is 8.95. The third-order valence-corrected chi connectivity index (χ3v) is 3.32. The van der Waals surface area contributed by atoms with E-state index in [2.05, 4.69) is 4.98 Å². The molecular weight excluding hydrogens is 230 g/mol. The van der Waals surface area contributed by atoms with Crippen LogP contribution in [-0.4, -0.2) is 24.8 Å². The molecule has 2 N–H and O–H groups in total. The van der Waals surface area contributed by atoms with Gasteiger partial charge in [-0.3, -0.25) is 0 Å². The molecule has 1 aromatic rings. The molecule has 0 aliphatic rings. The molecule has 0 spiro atoms. The summed E-state index contributed by atoms with van der Waals surface area (Å²) in [5.74, 6) is -1.24. The first-order chi connectivity index (χ1) is 7.43. The van der Waals surface area contributed by atoms with E-state index in [-0.39, 0.29) is 11.6 Å². The summed E-state index contributed by atoms with van der Waals surface area (Å²) >= 11 is -2.06. The number of aromatic carboxylic acids is 1. The van der Waals surface area contributed by atoms with E-state index in [4.69, 9.17) is 9.66 Å². The normalized spacial score (nSPS) is 14.8. The fraction of sp³-hybridized carbons (Fsp3) is 0.400. The van der Waals surface area contributed by atoms with E-state index < -0.39 is 22.3 Å². The van der Waals surface area contributed by atoms with Gasteiger partial charge in [0.15, 0.2) is 11.1 Å². The molecule has 0 saturated carbocycles. The van der Waals surface area contributed by atoms with Crippen LogP contribution >= 0.6 is 0 Å². The summed E-state index contributed by atoms with van der Waals surface area (Å²) in [6.45, 7) is 3.57. The van der Waals surface area contributed by atoms with Gasteiger partial charge in [0.2, 0.25) is 0 Å². The van der Waals surface area contributed by atoms with Gasteiger partial charge in [-0.05, 0) is 18.1 Å². The molecule has 1 aromatic heterocycles. The molecule has 2 unspecified atom stereocenters. The van der Waals surface area contributed by atoms with Gasteiger partial charge in [-0.2, -0.15) is 0 Å². The number of carboxylic acid groups (broad SMARTS) is 1. The van der Waals surface area contributed by atoms with Gasteiger partial charge in [0.25, 0.3) is 0 Å². The molecule has 0 aliphatic carbocycles. The Morgan fingerprint density at radius 1 is 1.44 bits per heavy atom. The Morgan fingerprint density at radius 3 is 2.50 bits per heavy atom. The highest BCUT2D eigenvalue weighted by atomic mass is 32.2. The van der Waals surface area contributed by atoms with Gasteiger partial charge in [-0.1, -0.05) is 19.9 Å². The van der Waals surface area contributed by atoms with Crippen LogP contribution in [-0.2, 0) is 11.1 Å². The van der Waals surface area contributed by atoms with Crippen molar-refractivity contribution in [3.05, 3.63) is 29.6 Å². The van der Waals surface area contributed by atoms with Gasteiger partial charge in [0.05, 0.1) is 5.69 Å². The van der Waals surface area contributed by atoms with Crippen LogP contribution < -0.4 is 0 Å². The van der Waals surface area contributed by atoms with Crippen molar-refractivity contribution in [2.24, 2.45) is 5.92 Å². The molecule has 0 amide bonds. The maximum Gasteiger partial charge on any atom is 0.354 e. The molecule has 1 heterocycles. The first-order valence-electron chi connectivity index (χ1n) is 4.73. The van der Waals surface area contributed by atoms with Crippen molar-refractivity contribution in [2.45, 2.75) is 19.1 Å². The van der Waals surface area contributed by atoms with Crippen LogP contribution in [0.1, 0.15) is 35.3 Å². The number of carboxylic acids is 1. The van der Waals surface area contributed by atoms with Crippen LogP contribution in [0.3, 0.4) is 0 Å². The van der Waals surface area contributed by atoms with Crippen molar-refractivity contribution in [1.29, 1.82) is 0 Å². The van der Waals surface area contributed by atoms with Crippen molar-refractivity contribution in [1.82, 2.24) is 4.98 Å². The molecule has 6 heteroatoms. The fourth-order valence-corrected chi connectivity index (χ4v) is 2.21. The summed E-state index contributed by atoms with van der Waals surface area (Å²) in [6, 6.07) is 4.43. The van der Waals surface area contributed by atoms with E-state index in [1.54, 1.807) is 19.9 Å². The minimum Gasteiger partial charge on any atom is -0.477 e. The second-order valence-corrected chi connectivity index (χ2v) is 4.75. The first-order valence-corrected chi connectivity index (χ1v) is 5.90. The van der Waals surface area contributed by atoms with Crippen LogP contribution in [0.2, 0.25) is 0 Å². The average Bonchev–Trinajstić information content (AvgIpc) is 2.16. The number of hydrogen-bond donors (Lipinski definition) is 2. The number of hydrogen-bond acceptors (Lipinski definition) is 3. The van der Waals surface area contributed by atoms with Crippen LogP contribution in [0.15, 0.2) is 18.2 Å². The van der Waals surface area contributed by atoms with Crippen molar-refractivity contribution in [3.63, 3.8) is 0 Å². The number of nitrogens with zero attached hydrogens (tertiary/aromatic N) is 1. The Labute approximate surface area is 95.8 Å². The van der Waals surface area contributed by atoms with Gasteiger partial charge in [0, 0.05) is 0 Å². The maximum atomic E-state index is 11.1. The van der Waals surface area contributed by atoms with Crippen molar-refractivity contribution in [3.8, 4) is 0 Å². The molecule has 2 atom stereocenters. The standard InChI is InChI=1S/C10H13NO4S/c1-6(2)9(16(14)15)7-4-3-5-8(11-7)10(12)13/h3-6,9H,1-2H3,(H,12,13)(H,14,15). The van der Waals surface area contributed by atoms with E-state index >= 15 is 0 Å². The Kier molecular flexibility index (Phi) is 4.14. The monoisotopic (exact) mass is 243 g/mol. The molecular formula is C10H13NO4S. The minimum atomic E-state index is -2.06. The van der Waals surface area contributed by atoms with E-state index in [9.17, 15) is 9.00 Å². The first kappa shape index (κ1) is 12.8. The van der Waals surface area contributed by atoms with Crippen molar-refractivity contribution >= 4 is 17.0 Å². The highest BCUT2D eigenvalue weighted by Crippen LogP contribution is 2.25. The summed E-state index contributed by atoms with van der Waals surface area (Å²) in [4.78, 5) is 14.6. The second kappa shape index (κ2) is 5.18. The highest BCUT2D eigenvalue weighted by Gasteiger charge is 2.23. The molecule has 88 valence electrons. The summed E-state index contributed by atoms with van der Waals surface area (Å²) in [7, 11) is 0. The Morgan fingerprint density at radius 2 is 2.06 bits per heavy atom. The Hall–Kier alpha value is -1.27. The van der Waals surface area contributed by atoms with Crippen LogP contribution in [0, 0.1) is 5.92 Å². The van der Waals surface area contributed by atoms with Gasteiger partial charge >= 0.3 is 5.97 Å². The lowest BCUT2D eigenvalue weighted by Gasteiger charge is -2.16. The summed E-state index contributed by atoms with van der Waals surface area (Å²) in [5.41, 5.74) is 0.212. The third kappa shape index (κ3) is 2.86. The number of pyridine rings is 1. The lowest BCUT2D eigenvalue weighted by molar-refractivity contribution is 0.0690. The predicted molar refractivity (Wildman–Crippen MR) is 59.5 cm³/mol. The van der Waals surface area contributed by atoms with Crippen molar-refractivity contribution in [2.75, 3.05) is 0 Å². The number of rotatable bonds is 4. The minimum absolute atomic E-state index is 0.0950. The third-order valence-electron chi connectivity index (χ3n) is 2.10. The molecule has 1 rings (SSSR count). The predicted octanol–water partition coefficient (Wildman–Crippen LogP) is 1.70. The smallest absolute Gasteiger partial charge is 0.354 e. The molecule has 0 radical (unpaired) electrons. The zero-order chi connectivity index (χ0) is 12.3. The topological polar surface area (TPSA) is 87.5 Å². The van der Waals surface area contributed by atoms with E-state index in [1.165, 1.54) is 12.1 Å². The van der Waals surface area contributed by atoms with Crippen LogP contribution in [0.25, 0.3) is 0 Å². The second-order valence-electron chi connectivity index (χ2n) is 3.69. The van der Waals surface area contributed by atoms with Crippen LogP contribution in [0.5, 0.6) is 0 Å². The van der Waals surface area contributed by atoms with Gasteiger partial charge in [-0.15, -0.1) is 0 Å². The molecule has 0 aromatic carbocycles. The number of aromatic nitrogens is 1. The fourth-order valence-electron chi connectivity index (χ4n) is 1.41.